The molecule has 0 fully saturated rings. The largest absolute Gasteiger partial charge is 0.398 e. The molecule has 0 amide bonds. The third-order valence-corrected chi connectivity index (χ3v) is 4.55. The lowest BCUT2D eigenvalue weighted by Crippen LogP contribution is -2.16. The van der Waals surface area contributed by atoms with E-state index in [0.717, 1.165) is 18.2 Å². The Morgan fingerprint density at radius 2 is 1.85 bits per heavy atom. The minimum Gasteiger partial charge on any atom is -0.398 e. The van der Waals surface area contributed by atoms with Gasteiger partial charge < -0.3 is 5.73 Å². The first-order valence-electron chi connectivity index (χ1n) is 5.33. The van der Waals surface area contributed by atoms with Gasteiger partial charge >= 0.3 is 0 Å². The second kappa shape index (κ2) is 5.37. The van der Waals surface area contributed by atoms with E-state index in [-0.39, 0.29) is 15.8 Å². The molecule has 0 bridgehead atoms. The highest BCUT2D eigenvalue weighted by atomic mass is 79.9. The zero-order valence-corrected chi connectivity index (χ0v) is 12.3. The van der Waals surface area contributed by atoms with Crippen LogP contribution in [0.2, 0.25) is 0 Å². The Balaban J connectivity index is 2.46. The van der Waals surface area contributed by atoms with Gasteiger partial charge in [0.1, 0.15) is 16.5 Å². The van der Waals surface area contributed by atoms with Gasteiger partial charge in [-0.15, -0.1) is 0 Å². The minimum absolute atomic E-state index is 0.0778. The molecule has 4 nitrogen and oxygen atoms in total. The lowest BCUT2D eigenvalue weighted by Gasteiger charge is -2.12. The third-order valence-electron chi connectivity index (χ3n) is 2.44. The van der Waals surface area contributed by atoms with Crippen LogP contribution in [0.4, 0.5) is 20.2 Å². The quantitative estimate of drug-likeness (QED) is 0.824. The fourth-order valence-electron chi connectivity index (χ4n) is 1.58. The normalized spacial score (nSPS) is 11.3. The van der Waals surface area contributed by atoms with Crippen molar-refractivity contribution in [2.45, 2.75) is 4.90 Å². The Morgan fingerprint density at radius 3 is 2.45 bits per heavy atom. The van der Waals surface area contributed by atoms with Crippen LogP contribution in [0.1, 0.15) is 0 Å². The highest BCUT2D eigenvalue weighted by Gasteiger charge is 2.23. The molecule has 3 N–H and O–H groups in total. The van der Waals surface area contributed by atoms with Crippen molar-refractivity contribution in [2.24, 2.45) is 0 Å². The standard InChI is InChI=1S/C12H9BrF2N2O2S/c13-8-6-7(14)4-5-11(8)17-20(18,19)12-9(15)2-1-3-10(12)16/h1-6,17H,16H2. The van der Waals surface area contributed by atoms with E-state index in [1.54, 1.807) is 0 Å². The summed E-state index contributed by atoms with van der Waals surface area (Å²) < 4.78 is 53.2. The first-order valence-corrected chi connectivity index (χ1v) is 7.61. The SMILES string of the molecule is Nc1cccc(F)c1S(=O)(=O)Nc1ccc(F)cc1Br. The predicted octanol–water partition coefficient (Wildman–Crippen LogP) is 3.11. The van der Waals surface area contributed by atoms with E-state index in [0.29, 0.717) is 0 Å². The summed E-state index contributed by atoms with van der Waals surface area (Å²) in [6.45, 7) is 0. The van der Waals surface area contributed by atoms with Gasteiger partial charge in [-0.3, -0.25) is 4.72 Å². The second-order valence-electron chi connectivity index (χ2n) is 3.89. The van der Waals surface area contributed by atoms with Crippen LogP contribution in [0.3, 0.4) is 0 Å². The molecule has 8 heteroatoms. The van der Waals surface area contributed by atoms with Gasteiger partial charge in [0.15, 0.2) is 0 Å². The molecule has 2 aromatic rings. The first kappa shape index (κ1) is 14.7. The molecule has 106 valence electrons. The van der Waals surface area contributed by atoms with Gasteiger partial charge in [-0.25, -0.2) is 17.2 Å². The number of nitrogens with two attached hydrogens (primary N) is 1. The average Bonchev–Trinajstić information content (AvgIpc) is 2.32. The Hall–Kier alpha value is -1.67. The summed E-state index contributed by atoms with van der Waals surface area (Å²) in [5, 5.41) is 0. The van der Waals surface area contributed by atoms with Crippen LogP contribution in [0, 0.1) is 11.6 Å². The maximum absolute atomic E-state index is 13.6. The molecular weight excluding hydrogens is 354 g/mol. The number of hydrogen-bond acceptors (Lipinski definition) is 3. The molecule has 2 rings (SSSR count). The van der Waals surface area contributed by atoms with Crippen LogP contribution < -0.4 is 10.5 Å². The summed E-state index contributed by atoms with van der Waals surface area (Å²) in [4.78, 5) is -0.642. The molecule has 0 spiro atoms. The summed E-state index contributed by atoms with van der Waals surface area (Å²) in [5.41, 5.74) is 5.36. The molecule has 0 aliphatic carbocycles. The van der Waals surface area contributed by atoms with Gasteiger partial charge in [-0.1, -0.05) is 6.07 Å². The fourth-order valence-corrected chi connectivity index (χ4v) is 3.43. The van der Waals surface area contributed by atoms with Gasteiger partial charge in [0.25, 0.3) is 10.0 Å². The summed E-state index contributed by atoms with van der Waals surface area (Å²) in [5.74, 6) is -1.50. The van der Waals surface area contributed by atoms with Crippen molar-refractivity contribution in [3.05, 3.63) is 52.5 Å². The lowest BCUT2D eigenvalue weighted by molar-refractivity contribution is 0.571. The number of rotatable bonds is 3. The number of hydrogen-bond donors (Lipinski definition) is 2. The molecule has 0 saturated carbocycles. The van der Waals surface area contributed by atoms with Crippen molar-refractivity contribution < 1.29 is 17.2 Å². The van der Waals surface area contributed by atoms with Crippen LogP contribution in [0.5, 0.6) is 0 Å². The zero-order chi connectivity index (χ0) is 14.9. The van der Waals surface area contributed by atoms with E-state index in [1.807, 2.05) is 0 Å². The Bertz CT molecular complexity index is 746. The summed E-state index contributed by atoms with van der Waals surface area (Å²) in [6, 6.07) is 6.95. The number of sulfonamides is 1. The van der Waals surface area contributed by atoms with Crippen LogP contribution in [-0.2, 0) is 10.0 Å². The number of benzene rings is 2. The van der Waals surface area contributed by atoms with Gasteiger partial charge in [0.05, 0.1) is 11.4 Å². The van der Waals surface area contributed by atoms with Gasteiger partial charge in [0.2, 0.25) is 0 Å². The summed E-state index contributed by atoms with van der Waals surface area (Å²) >= 11 is 3.02. The molecule has 0 aliphatic heterocycles. The Kier molecular flexibility index (Phi) is 3.96. The van der Waals surface area contributed by atoms with E-state index in [2.05, 4.69) is 20.7 Å². The summed E-state index contributed by atoms with van der Waals surface area (Å²) in [7, 11) is -4.21. The van der Waals surface area contributed by atoms with Crippen molar-refractivity contribution in [1.82, 2.24) is 0 Å². The number of anilines is 2. The van der Waals surface area contributed by atoms with Crippen molar-refractivity contribution >= 4 is 37.3 Å². The smallest absolute Gasteiger partial charge is 0.266 e. The van der Waals surface area contributed by atoms with E-state index >= 15 is 0 Å². The lowest BCUT2D eigenvalue weighted by atomic mass is 10.3. The zero-order valence-electron chi connectivity index (χ0n) is 9.90. The minimum atomic E-state index is -4.21. The molecule has 0 atom stereocenters. The molecule has 0 unspecified atom stereocenters. The molecule has 0 saturated heterocycles. The molecule has 0 radical (unpaired) electrons. The molecule has 2 aromatic carbocycles. The van der Waals surface area contributed by atoms with Crippen molar-refractivity contribution in [3.8, 4) is 0 Å². The second-order valence-corrected chi connectivity index (χ2v) is 6.36. The average molecular weight is 363 g/mol. The first-order chi connectivity index (χ1) is 9.31. The highest BCUT2D eigenvalue weighted by Crippen LogP contribution is 2.28. The fraction of sp³-hybridized carbons (Fsp3) is 0. The topological polar surface area (TPSA) is 72.2 Å². The number of halogens is 3. The highest BCUT2D eigenvalue weighted by molar-refractivity contribution is 9.10. The third kappa shape index (κ3) is 2.91. The molecule has 0 aliphatic rings. The number of nitrogen functional groups attached to an aromatic ring is 1. The van der Waals surface area contributed by atoms with Gasteiger partial charge in [-0.2, -0.15) is 0 Å². The summed E-state index contributed by atoms with van der Waals surface area (Å²) in [6.07, 6.45) is 0. The van der Waals surface area contributed by atoms with Crippen molar-refractivity contribution in [1.29, 1.82) is 0 Å². The van der Waals surface area contributed by atoms with E-state index in [4.69, 9.17) is 5.73 Å². The Morgan fingerprint density at radius 1 is 1.15 bits per heavy atom. The van der Waals surface area contributed by atoms with Crippen LogP contribution >= 0.6 is 15.9 Å². The Labute approximate surface area is 122 Å². The maximum atomic E-state index is 13.6. The van der Waals surface area contributed by atoms with Crippen molar-refractivity contribution in [3.63, 3.8) is 0 Å². The molecule has 0 heterocycles. The van der Waals surface area contributed by atoms with E-state index in [9.17, 15) is 17.2 Å². The van der Waals surface area contributed by atoms with Crippen LogP contribution in [0.15, 0.2) is 45.8 Å². The molecule has 0 aromatic heterocycles. The van der Waals surface area contributed by atoms with Crippen LogP contribution in [0.25, 0.3) is 0 Å². The van der Waals surface area contributed by atoms with Crippen LogP contribution in [-0.4, -0.2) is 8.42 Å². The predicted molar refractivity (Wildman–Crippen MR) is 75.7 cm³/mol. The maximum Gasteiger partial charge on any atom is 0.266 e. The molecule has 20 heavy (non-hydrogen) atoms. The molecular formula is C12H9BrF2N2O2S. The monoisotopic (exact) mass is 362 g/mol. The number of nitrogens with one attached hydrogen (secondary N) is 1. The van der Waals surface area contributed by atoms with E-state index < -0.39 is 26.6 Å². The van der Waals surface area contributed by atoms with Crippen molar-refractivity contribution in [2.75, 3.05) is 10.5 Å². The van der Waals surface area contributed by atoms with Gasteiger partial charge in [-0.05, 0) is 46.3 Å². The van der Waals surface area contributed by atoms with E-state index in [1.165, 1.54) is 18.2 Å². The van der Waals surface area contributed by atoms with Gasteiger partial charge in [0, 0.05) is 4.47 Å².